The lowest BCUT2D eigenvalue weighted by Crippen LogP contribution is -2.38. The molecule has 0 radical (unpaired) electrons. The molecule has 1 saturated carbocycles. The second-order valence-electron chi connectivity index (χ2n) is 5.08. The zero-order valence-corrected chi connectivity index (χ0v) is 8.58. The first-order valence-corrected chi connectivity index (χ1v) is 4.82. The van der Waals surface area contributed by atoms with Gasteiger partial charge in [-0.15, -0.1) is 0 Å². The maximum atomic E-state index is 11.0. The number of hydrogen-bond donors (Lipinski definition) is 2. The van der Waals surface area contributed by atoms with E-state index in [2.05, 4.69) is 20.8 Å². The van der Waals surface area contributed by atoms with Gasteiger partial charge in [-0.3, -0.25) is 4.79 Å². The average molecular weight is 185 g/mol. The summed E-state index contributed by atoms with van der Waals surface area (Å²) in [7, 11) is 0. The molecule has 1 fully saturated rings. The van der Waals surface area contributed by atoms with E-state index in [0.29, 0.717) is 0 Å². The molecular weight excluding hydrogens is 166 g/mol. The summed E-state index contributed by atoms with van der Waals surface area (Å²) in [5.41, 5.74) is 5.84. The van der Waals surface area contributed by atoms with Crippen molar-refractivity contribution in [2.75, 3.05) is 0 Å². The van der Waals surface area contributed by atoms with E-state index in [9.17, 15) is 4.79 Å². The molecule has 0 heterocycles. The van der Waals surface area contributed by atoms with Gasteiger partial charge in [0.05, 0.1) is 5.92 Å². The second-order valence-corrected chi connectivity index (χ2v) is 5.08. The van der Waals surface area contributed by atoms with E-state index in [0.717, 1.165) is 12.8 Å². The fourth-order valence-electron chi connectivity index (χ4n) is 2.36. The first kappa shape index (κ1) is 10.5. The molecule has 0 aromatic carbocycles. The van der Waals surface area contributed by atoms with Gasteiger partial charge in [-0.25, -0.2) is 0 Å². The SMILES string of the molecule is CC(C)(C)C1CCC(N)C1C(=O)O. The van der Waals surface area contributed by atoms with Crippen LogP contribution in [-0.2, 0) is 4.79 Å². The molecule has 0 bridgehead atoms. The maximum Gasteiger partial charge on any atom is 0.308 e. The van der Waals surface area contributed by atoms with Crippen LogP contribution in [0, 0.1) is 17.3 Å². The Bertz CT molecular complexity index is 207. The zero-order chi connectivity index (χ0) is 10.2. The summed E-state index contributed by atoms with van der Waals surface area (Å²) in [5.74, 6) is -0.857. The van der Waals surface area contributed by atoms with Crippen molar-refractivity contribution in [3.05, 3.63) is 0 Å². The predicted molar refractivity (Wildman–Crippen MR) is 51.3 cm³/mol. The predicted octanol–water partition coefficient (Wildman–Crippen LogP) is 1.47. The zero-order valence-electron chi connectivity index (χ0n) is 8.58. The van der Waals surface area contributed by atoms with E-state index in [4.69, 9.17) is 10.8 Å². The molecule has 0 spiro atoms. The van der Waals surface area contributed by atoms with Crippen molar-refractivity contribution in [1.29, 1.82) is 0 Å². The first-order valence-electron chi connectivity index (χ1n) is 4.82. The van der Waals surface area contributed by atoms with Gasteiger partial charge in [-0.05, 0) is 24.2 Å². The van der Waals surface area contributed by atoms with Crippen LogP contribution >= 0.6 is 0 Å². The summed E-state index contributed by atoms with van der Waals surface area (Å²) in [6.45, 7) is 6.27. The molecule has 0 aliphatic heterocycles. The van der Waals surface area contributed by atoms with Crippen molar-refractivity contribution < 1.29 is 9.90 Å². The third-order valence-corrected chi connectivity index (χ3v) is 3.10. The maximum absolute atomic E-state index is 11.0. The van der Waals surface area contributed by atoms with Crippen LogP contribution in [0.25, 0.3) is 0 Å². The Morgan fingerprint density at radius 1 is 1.38 bits per heavy atom. The molecule has 76 valence electrons. The third kappa shape index (κ3) is 2.02. The molecule has 3 atom stereocenters. The number of hydrogen-bond acceptors (Lipinski definition) is 2. The van der Waals surface area contributed by atoms with E-state index >= 15 is 0 Å². The number of carboxylic acids is 1. The highest BCUT2D eigenvalue weighted by atomic mass is 16.4. The normalized spacial score (nSPS) is 34.9. The van der Waals surface area contributed by atoms with Crippen molar-refractivity contribution in [3.63, 3.8) is 0 Å². The molecule has 0 saturated heterocycles. The highest BCUT2D eigenvalue weighted by molar-refractivity contribution is 5.71. The van der Waals surface area contributed by atoms with Gasteiger partial charge in [0.25, 0.3) is 0 Å². The summed E-state index contributed by atoms with van der Waals surface area (Å²) < 4.78 is 0. The molecule has 3 unspecified atom stereocenters. The molecule has 3 heteroatoms. The van der Waals surface area contributed by atoms with Crippen molar-refractivity contribution >= 4 is 5.97 Å². The largest absolute Gasteiger partial charge is 0.481 e. The third-order valence-electron chi connectivity index (χ3n) is 3.10. The summed E-state index contributed by atoms with van der Waals surface area (Å²) in [6, 6.07) is -0.151. The topological polar surface area (TPSA) is 63.3 Å². The van der Waals surface area contributed by atoms with Gasteiger partial charge in [0.1, 0.15) is 0 Å². The molecule has 13 heavy (non-hydrogen) atoms. The monoisotopic (exact) mass is 185 g/mol. The summed E-state index contributed by atoms with van der Waals surface area (Å²) in [5, 5.41) is 9.04. The molecule has 1 aliphatic rings. The lowest BCUT2D eigenvalue weighted by Gasteiger charge is -2.31. The summed E-state index contributed by atoms with van der Waals surface area (Å²) >= 11 is 0. The van der Waals surface area contributed by atoms with E-state index in [1.54, 1.807) is 0 Å². The molecule has 1 aliphatic carbocycles. The Hall–Kier alpha value is -0.570. The van der Waals surface area contributed by atoms with Gasteiger partial charge in [0.2, 0.25) is 0 Å². The van der Waals surface area contributed by atoms with Gasteiger partial charge < -0.3 is 10.8 Å². The van der Waals surface area contributed by atoms with E-state index in [1.807, 2.05) is 0 Å². The Balaban J connectivity index is 2.82. The smallest absolute Gasteiger partial charge is 0.308 e. The molecule has 3 nitrogen and oxygen atoms in total. The summed E-state index contributed by atoms with van der Waals surface area (Å²) in [4.78, 5) is 11.0. The Morgan fingerprint density at radius 2 is 1.92 bits per heavy atom. The van der Waals surface area contributed by atoms with Crippen molar-refractivity contribution in [1.82, 2.24) is 0 Å². The van der Waals surface area contributed by atoms with Gasteiger partial charge in [0.15, 0.2) is 0 Å². The number of aliphatic carboxylic acids is 1. The lowest BCUT2D eigenvalue weighted by molar-refractivity contribution is -0.144. The number of rotatable bonds is 1. The Kier molecular flexibility index (Phi) is 2.66. The van der Waals surface area contributed by atoms with Gasteiger partial charge in [-0.2, -0.15) is 0 Å². The Labute approximate surface area is 79.3 Å². The standard InChI is InChI=1S/C10H19NO2/c1-10(2,3)6-4-5-7(11)8(6)9(12)13/h6-8H,4-5,11H2,1-3H3,(H,12,13). The number of carboxylic acid groups (broad SMARTS) is 1. The average Bonchev–Trinajstić information content (AvgIpc) is 2.28. The van der Waals surface area contributed by atoms with E-state index in [-0.39, 0.29) is 23.3 Å². The van der Waals surface area contributed by atoms with Gasteiger partial charge >= 0.3 is 5.97 Å². The van der Waals surface area contributed by atoms with Crippen LogP contribution in [0.3, 0.4) is 0 Å². The number of carbonyl (C=O) groups is 1. The first-order chi connectivity index (χ1) is 5.84. The van der Waals surface area contributed by atoms with Crippen molar-refractivity contribution in [2.45, 2.75) is 39.7 Å². The molecule has 3 N–H and O–H groups in total. The second kappa shape index (κ2) is 3.29. The van der Waals surface area contributed by atoms with Crippen LogP contribution in [-0.4, -0.2) is 17.1 Å². The Morgan fingerprint density at radius 3 is 2.23 bits per heavy atom. The minimum atomic E-state index is -0.732. The highest BCUT2D eigenvalue weighted by Gasteiger charge is 2.44. The highest BCUT2D eigenvalue weighted by Crippen LogP contribution is 2.42. The minimum Gasteiger partial charge on any atom is -0.481 e. The molecule has 0 amide bonds. The van der Waals surface area contributed by atoms with Crippen molar-refractivity contribution in [2.24, 2.45) is 23.0 Å². The van der Waals surface area contributed by atoms with Crippen LogP contribution < -0.4 is 5.73 Å². The number of nitrogens with two attached hydrogens (primary N) is 1. The lowest BCUT2D eigenvalue weighted by atomic mass is 9.74. The fraction of sp³-hybridized carbons (Fsp3) is 0.900. The molecule has 1 rings (SSSR count). The van der Waals surface area contributed by atoms with Crippen LogP contribution in [0.4, 0.5) is 0 Å². The van der Waals surface area contributed by atoms with Crippen LogP contribution in [0.1, 0.15) is 33.6 Å². The van der Waals surface area contributed by atoms with Gasteiger partial charge in [-0.1, -0.05) is 20.8 Å². The van der Waals surface area contributed by atoms with E-state index in [1.165, 1.54) is 0 Å². The van der Waals surface area contributed by atoms with Crippen LogP contribution in [0.5, 0.6) is 0 Å². The minimum absolute atomic E-state index is 0.0528. The molecule has 0 aromatic rings. The van der Waals surface area contributed by atoms with Crippen LogP contribution in [0.2, 0.25) is 0 Å². The molecule has 0 aromatic heterocycles. The summed E-state index contributed by atoms with van der Waals surface area (Å²) in [6.07, 6.45) is 1.79. The quantitative estimate of drug-likeness (QED) is 0.650. The van der Waals surface area contributed by atoms with Crippen LogP contribution in [0.15, 0.2) is 0 Å². The molecular formula is C10H19NO2. The fourth-order valence-corrected chi connectivity index (χ4v) is 2.36. The van der Waals surface area contributed by atoms with E-state index < -0.39 is 5.97 Å². The van der Waals surface area contributed by atoms with Gasteiger partial charge in [0, 0.05) is 6.04 Å². The van der Waals surface area contributed by atoms with Crippen molar-refractivity contribution in [3.8, 4) is 0 Å².